The maximum Gasteiger partial charge on any atom is 0.413 e. The SMILES string of the molecule is COc1ccc(Oc2ccc(CNC(=O)C3(NC(=O)Oc4cncnc4)CC3)c(F)c2)cc1. The Morgan fingerprint density at radius 3 is 2.30 bits per heavy atom. The lowest BCUT2D eigenvalue weighted by atomic mass is 10.2. The molecule has 0 bridgehead atoms. The van der Waals surface area contributed by atoms with E-state index in [0.29, 0.717) is 30.1 Å². The van der Waals surface area contributed by atoms with E-state index in [0.717, 1.165) is 0 Å². The van der Waals surface area contributed by atoms with Gasteiger partial charge in [-0.2, -0.15) is 0 Å². The Morgan fingerprint density at radius 1 is 1.00 bits per heavy atom. The number of nitrogens with zero attached hydrogens (tertiary/aromatic N) is 2. The van der Waals surface area contributed by atoms with E-state index in [4.69, 9.17) is 14.2 Å². The molecule has 0 radical (unpaired) electrons. The van der Waals surface area contributed by atoms with Crippen molar-refractivity contribution in [2.24, 2.45) is 0 Å². The van der Waals surface area contributed by atoms with Crippen molar-refractivity contribution >= 4 is 12.0 Å². The van der Waals surface area contributed by atoms with Crippen molar-refractivity contribution in [3.63, 3.8) is 0 Å². The van der Waals surface area contributed by atoms with Gasteiger partial charge in [-0.05, 0) is 43.2 Å². The van der Waals surface area contributed by atoms with Gasteiger partial charge in [-0.25, -0.2) is 19.2 Å². The highest BCUT2D eigenvalue weighted by Gasteiger charge is 2.51. The van der Waals surface area contributed by atoms with Gasteiger partial charge >= 0.3 is 6.09 Å². The van der Waals surface area contributed by atoms with E-state index in [-0.39, 0.29) is 17.9 Å². The molecule has 1 fully saturated rings. The van der Waals surface area contributed by atoms with Gasteiger partial charge in [0, 0.05) is 18.2 Å². The van der Waals surface area contributed by atoms with Gasteiger partial charge in [0.2, 0.25) is 5.91 Å². The van der Waals surface area contributed by atoms with Crippen molar-refractivity contribution in [2.45, 2.75) is 24.9 Å². The fourth-order valence-corrected chi connectivity index (χ4v) is 3.06. The second-order valence-electron chi connectivity index (χ2n) is 7.38. The number of rotatable bonds is 8. The Kier molecular flexibility index (Phi) is 6.34. The van der Waals surface area contributed by atoms with Gasteiger partial charge in [-0.3, -0.25) is 4.79 Å². The summed E-state index contributed by atoms with van der Waals surface area (Å²) in [6, 6.07) is 11.3. The molecule has 1 aliphatic carbocycles. The van der Waals surface area contributed by atoms with Gasteiger partial charge < -0.3 is 24.8 Å². The summed E-state index contributed by atoms with van der Waals surface area (Å²) in [4.78, 5) is 32.2. The van der Waals surface area contributed by atoms with Crippen molar-refractivity contribution in [1.29, 1.82) is 0 Å². The standard InChI is InChI=1S/C23H21FN4O5/c1-31-16-4-6-17(7-5-16)32-18-3-2-15(20(24)10-18)11-27-21(29)23(8-9-23)28-22(30)33-19-12-25-14-26-13-19/h2-7,10,12-14H,8-9,11H2,1H3,(H,27,29)(H,28,30). The number of ether oxygens (including phenoxy) is 3. The Labute approximate surface area is 188 Å². The molecule has 10 heteroatoms. The zero-order valence-corrected chi connectivity index (χ0v) is 17.7. The van der Waals surface area contributed by atoms with Crippen molar-refractivity contribution in [2.75, 3.05) is 7.11 Å². The van der Waals surface area contributed by atoms with Crippen LogP contribution in [0.4, 0.5) is 9.18 Å². The van der Waals surface area contributed by atoms with Gasteiger partial charge in [0.25, 0.3) is 0 Å². The molecule has 4 rings (SSSR count). The third-order valence-corrected chi connectivity index (χ3v) is 5.03. The zero-order valence-electron chi connectivity index (χ0n) is 17.7. The van der Waals surface area contributed by atoms with E-state index < -0.39 is 23.4 Å². The lowest BCUT2D eigenvalue weighted by Gasteiger charge is -2.17. The van der Waals surface area contributed by atoms with Gasteiger partial charge in [-0.15, -0.1) is 0 Å². The Balaban J connectivity index is 1.30. The second-order valence-corrected chi connectivity index (χ2v) is 7.38. The number of benzene rings is 2. The molecule has 1 heterocycles. The summed E-state index contributed by atoms with van der Waals surface area (Å²) in [5.74, 6) is 0.757. The van der Waals surface area contributed by atoms with Crippen LogP contribution in [0, 0.1) is 5.82 Å². The first-order chi connectivity index (χ1) is 16.0. The van der Waals surface area contributed by atoms with Crippen LogP contribution < -0.4 is 24.8 Å². The maximum atomic E-state index is 14.5. The molecule has 3 aromatic rings. The van der Waals surface area contributed by atoms with Crippen LogP contribution in [-0.4, -0.2) is 34.6 Å². The Hall–Kier alpha value is -4.21. The predicted molar refractivity (Wildman–Crippen MR) is 114 cm³/mol. The molecule has 0 atom stereocenters. The molecule has 0 spiro atoms. The normalized spacial score (nSPS) is 13.5. The highest BCUT2D eigenvalue weighted by Crippen LogP contribution is 2.36. The topological polar surface area (TPSA) is 112 Å². The van der Waals surface area contributed by atoms with E-state index in [2.05, 4.69) is 20.6 Å². The monoisotopic (exact) mass is 452 g/mol. The van der Waals surface area contributed by atoms with E-state index in [1.54, 1.807) is 37.4 Å². The molecule has 0 unspecified atom stereocenters. The van der Waals surface area contributed by atoms with E-state index in [9.17, 15) is 14.0 Å². The molecule has 0 saturated heterocycles. The fourth-order valence-electron chi connectivity index (χ4n) is 3.06. The van der Waals surface area contributed by atoms with Crippen molar-refractivity contribution in [3.05, 3.63) is 72.6 Å². The first kappa shape index (κ1) is 22.0. The summed E-state index contributed by atoms with van der Waals surface area (Å²) in [5, 5.41) is 5.22. The average molecular weight is 452 g/mol. The number of hydrogen-bond donors (Lipinski definition) is 2. The van der Waals surface area contributed by atoms with Crippen LogP contribution in [0.3, 0.4) is 0 Å². The number of methoxy groups -OCH3 is 1. The van der Waals surface area contributed by atoms with E-state index in [1.807, 2.05) is 0 Å². The minimum Gasteiger partial charge on any atom is -0.497 e. The van der Waals surface area contributed by atoms with E-state index in [1.165, 1.54) is 30.9 Å². The number of carbonyl (C=O) groups excluding carboxylic acids is 2. The molecule has 9 nitrogen and oxygen atoms in total. The summed E-state index contributed by atoms with van der Waals surface area (Å²) >= 11 is 0. The van der Waals surface area contributed by atoms with Crippen LogP contribution in [-0.2, 0) is 11.3 Å². The molecular formula is C23H21FN4O5. The molecule has 33 heavy (non-hydrogen) atoms. The van der Waals surface area contributed by atoms with Gasteiger partial charge in [0.1, 0.15) is 34.9 Å². The van der Waals surface area contributed by atoms with Crippen molar-refractivity contribution in [1.82, 2.24) is 20.6 Å². The van der Waals surface area contributed by atoms with Crippen molar-refractivity contribution in [3.8, 4) is 23.0 Å². The van der Waals surface area contributed by atoms with Gasteiger partial charge in [-0.1, -0.05) is 6.07 Å². The molecule has 1 saturated carbocycles. The lowest BCUT2D eigenvalue weighted by Crippen LogP contribution is -2.49. The Morgan fingerprint density at radius 2 is 1.67 bits per heavy atom. The smallest absolute Gasteiger partial charge is 0.413 e. The van der Waals surface area contributed by atoms with Crippen LogP contribution >= 0.6 is 0 Å². The maximum absolute atomic E-state index is 14.5. The second kappa shape index (κ2) is 9.51. The van der Waals surface area contributed by atoms with Crippen LogP contribution in [0.25, 0.3) is 0 Å². The quantitative estimate of drug-likeness (QED) is 0.539. The highest BCUT2D eigenvalue weighted by molar-refractivity contribution is 5.93. The first-order valence-electron chi connectivity index (χ1n) is 10.1. The van der Waals surface area contributed by atoms with E-state index >= 15 is 0 Å². The summed E-state index contributed by atoms with van der Waals surface area (Å²) in [7, 11) is 1.57. The Bertz CT molecular complexity index is 1140. The molecule has 0 aliphatic heterocycles. The predicted octanol–water partition coefficient (Wildman–Crippen LogP) is 3.35. The highest BCUT2D eigenvalue weighted by atomic mass is 19.1. The van der Waals surface area contributed by atoms with Crippen LogP contribution in [0.2, 0.25) is 0 Å². The van der Waals surface area contributed by atoms with Gasteiger partial charge in [0.05, 0.1) is 19.5 Å². The fraction of sp³-hybridized carbons (Fsp3) is 0.217. The van der Waals surface area contributed by atoms with Crippen LogP contribution in [0.1, 0.15) is 18.4 Å². The minimum atomic E-state index is -1.07. The number of nitrogens with one attached hydrogen (secondary N) is 2. The number of amides is 2. The minimum absolute atomic E-state index is 0.0432. The van der Waals surface area contributed by atoms with Crippen LogP contribution in [0.5, 0.6) is 23.0 Å². The zero-order chi connectivity index (χ0) is 23.3. The lowest BCUT2D eigenvalue weighted by molar-refractivity contribution is -0.124. The molecular weight excluding hydrogens is 431 g/mol. The summed E-state index contributed by atoms with van der Waals surface area (Å²) in [5.41, 5.74) is -0.786. The summed E-state index contributed by atoms with van der Waals surface area (Å²) < 4.78 is 30.3. The summed E-state index contributed by atoms with van der Waals surface area (Å²) in [6.45, 7) is -0.0432. The van der Waals surface area contributed by atoms with Crippen LogP contribution in [0.15, 0.2) is 61.2 Å². The number of halogens is 1. The van der Waals surface area contributed by atoms with Crippen molar-refractivity contribution < 1.29 is 28.2 Å². The molecule has 2 N–H and O–H groups in total. The molecule has 2 amide bonds. The number of carbonyl (C=O) groups is 2. The first-order valence-corrected chi connectivity index (χ1v) is 10.1. The molecule has 2 aromatic carbocycles. The average Bonchev–Trinajstić information content (AvgIpc) is 3.60. The van der Waals surface area contributed by atoms with Gasteiger partial charge in [0.15, 0.2) is 5.75 Å². The number of hydrogen-bond acceptors (Lipinski definition) is 7. The molecule has 1 aromatic heterocycles. The third kappa shape index (κ3) is 5.53. The number of aromatic nitrogens is 2. The third-order valence-electron chi connectivity index (χ3n) is 5.03. The summed E-state index contributed by atoms with van der Waals surface area (Å²) in [6.07, 6.45) is 4.08. The molecule has 1 aliphatic rings. The largest absolute Gasteiger partial charge is 0.497 e. The molecule has 170 valence electrons.